The van der Waals surface area contributed by atoms with Crippen molar-refractivity contribution in [2.24, 2.45) is 5.14 Å². The molecular formula is C17H21N3O3S. The summed E-state index contributed by atoms with van der Waals surface area (Å²) in [7, 11) is -3.81. The van der Waals surface area contributed by atoms with Gasteiger partial charge >= 0.3 is 6.03 Å². The molecule has 0 saturated carbocycles. The van der Waals surface area contributed by atoms with E-state index in [0.717, 1.165) is 5.56 Å². The number of urea groups is 1. The maximum absolute atomic E-state index is 12.0. The Morgan fingerprint density at radius 3 is 2.08 bits per heavy atom. The average molecular weight is 347 g/mol. The van der Waals surface area contributed by atoms with Crippen molar-refractivity contribution in [1.82, 2.24) is 0 Å². The Morgan fingerprint density at radius 1 is 0.958 bits per heavy atom. The zero-order chi connectivity index (χ0) is 18.0. The van der Waals surface area contributed by atoms with Crippen molar-refractivity contribution in [3.05, 3.63) is 54.1 Å². The molecule has 2 aromatic carbocycles. The Balaban J connectivity index is 2.06. The minimum absolute atomic E-state index is 0.0367. The molecule has 0 heterocycles. The summed E-state index contributed by atoms with van der Waals surface area (Å²) < 4.78 is 22.6. The summed E-state index contributed by atoms with van der Waals surface area (Å²) >= 11 is 0. The third-order valence-electron chi connectivity index (χ3n) is 3.43. The van der Waals surface area contributed by atoms with Gasteiger partial charge in [0.2, 0.25) is 10.0 Å². The zero-order valence-electron chi connectivity index (χ0n) is 13.8. The summed E-state index contributed by atoms with van der Waals surface area (Å²) in [6.45, 7) is 6.34. The topological polar surface area (TPSA) is 101 Å². The van der Waals surface area contributed by atoms with Gasteiger partial charge in [0.1, 0.15) is 0 Å². The molecule has 0 radical (unpaired) electrons. The van der Waals surface area contributed by atoms with Crippen molar-refractivity contribution in [1.29, 1.82) is 0 Å². The monoisotopic (exact) mass is 347 g/mol. The molecule has 0 aliphatic rings. The molecule has 0 aliphatic carbocycles. The molecule has 0 atom stereocenters. The lowest BCUT2D eigenvalue weighted by atomic mass is 9.87. The van der Waals surface area contributed by atoms with Crippen molar-refractivity contribution in [2.75, 3.05) is 10.6 Å². The van der Waals surface area contributed by atoms with Gasteiger partial charge in [0.15, 0.2) is 0 Å². The van der Waals surface area contributed by atoms with Gasteiger partial charge in [0, 0.05) is 11.4 Å². The summed E-state index contributed by atoms with van der Waals surface area (Å²) in [6.07, 6.45) is 0. The van der Waals surface area contributed by atoms with Crippen LogP contribution in [-0.4, -0.2) is 14.4 Å². The highest BCUT2D eigenvalue weighted by Crippen LogP contribution is 2.23. The number of carbonyl (C=O) groups excluding carboxylic acids is 1. The number of nitrogens with two attached hydrogens (primary N) is 1. The molecule has 0 aliphatic heterocycles. The molecule has 7 heteroatoms. The van der Waals surface area contributed by atoms with Crippen LogP contribution in [0.3, 0.4) is 0 Å². The maximum Gasteiger partial charge on any atom is 0.323 e. The number of carbonyl (C=O) groups is 1. The summed E-state index contributed by atoms with van der Waals surface area (Å²) in [5.74, 6) is 0. The molecule has 0 aromatic heterocycles. The molecule has 0 bridgehead atoms. The highest BCUT2D eigenvalue weighted by Gasteiger charge is 2.13. The van der Waals surface area contributed by atoms with Crippen molar-refractivity contribution in [3.63, 3.8) is 0 Å². The standard InChI is InChI=1S/C17H21N3O3S/c1-17(2,3)12-7-9-13(10-8-12)19-16(21)20-14-5-4-6-15(11-14)24(18,22)23/h4-11H,1-3H3,(H2,18,22,23)(H2,19,20,21). The van der Waals surface area contributed by atoms with E-state index in [1.807, 2.05) is 24.3 Å². The van der Waals surface area contributed by atoms with Crippen molar-refractivity contribution in [3.8, 4) is 0 Å². The molecule has 6 nitrogen and oxygen atoms in total. The summed E-state index contributed by atoms with van der Waals surface area (Å²) in [5, 5.41) is 10.3. The van der Waals surface area contributed by atoms with Crippen LogP contribution in [0.25, 0.3) is 0 Å². The highest BCUT2D eigenvalue weighted by molar-refractivity contribution is 7.89. The van der Waals surface area contributed by atoms with Crippen molar-refractivity contribution < 1.29 is 13.2 Å². The lowest BCUT2D eigenvalue weighted by molar-refractivity contribution is 0.262. The highest BCUT2D eigenvalue weighted by atomic mass is 32.2. The van der Waals surface area contributed by atoms with E-state index < -0.39 is 16.1 Å². The van der Waals surface area contributed by atoms with Crippen LogP contribution >= 0.6 is 0 Å². The fraction of sp³-hybridized carbons (Fsp3) is 0.235. The number of rotatable bonds is 3. The van der Waals surface area contributed by atoms with Crippen LogP contribution in [0.5, 0.6) is 0 Å². The van der Waals surface area contributed by atoms with Crippen LogP contribution in [-0.2, 0) is 15.4 Å². The van der Waals surface area contributed by atoms with Gasteiger partial charge in [0.05, 0.1) is 4.90 Å². The molecule has 0 fully saturated rings. The molecule has 0 saturated heterocycles. The fourth-order valence-electron chi connectivity index (χ4n) is 2.10. The smallest absolute Gasteiger partial charge is 0.308 e. The largest absolute Gasteiger partial charge is 0.323 e. The van der Waals surface area contributed by atoms with Gasteiger partial charge in [-0.1, -0.05) is 39.0 Å². The Morgan fingerprint density at radius 2 is 1.54 bits per heavy atom. The first-order chi connectivity index (χ1) is 11.1. The molecule has 2 aromatic rings. The summed E-state index contributed by atoms with van der Waals surface area (Å²) in [4.78, 5) is 12.0. The van der Waals surface area contributed by atoms with E-state index in [2.05, 4.69) is 31.4 Å². The first-order valence-corrected chi connectivity index (χ1v) is 8.92. The first kappa shape index (κ1) is 18.0. The predicted molar refractivity (Wildman–Crippen MR) is 95.6 cm³/mol. The van der Waals surface area contributed by atoms with E-state index in [9.17, 15) is 13.2 Å². The Bertz CT molecular complexity index is 838. The van der Waals surface area contributed by atoms with Crippen molar-refractivity contribution >= 4 is 27.4 Å². The van der Waals surface area contributed by atoms with Crippen LogP contribution in [0, 0.1) is 0 Å². The normalized spacial score (nSPS) is 11.8. The third-order valence-corrected chi connectivity index (χ3v) is 4.34. The lowest BCUT2D eigenvalue weighted by Gasteiger charge is -2.19. The number of anilines is 2. The number of benzene rings is 2. The lowest BCUT2D eigenvalue weighted by Crippen LogP contribution is -2.20. The number of hydrogen-bond donors (Lipinski definition) is 3. The SMILES string of the molecule is CC(C)(C)c1ccc(NC(=O)Nc2cccc(S(N)(=O)=O)c2)cc1. The number of sulfonamides is 1. The quantitative estimate of drug-likeness (QED) is 0.794. The number of hydrogen-bond acceptors (Lipinski definition) is 3. The molecule has 4 N–H and O–H groups in total. The maximum atomic E-state index is 12.0. The Labute approximate surface area is 142 Å². The van der Waals surface area contributed by atoms with Crippen molar-refractivity contribution in [2.45, 2.75) is 31.1 Å². The molecule has 2 amide bonds. The Hall–Kier alpha value is -2.38. The van der Waals surface area contributed by atoms with E-state index in [1.54, 1.807) is 6.07 Å². The van der Waals surface area contributed by atoms with Gasteiger partial charge < -0.3 is 10.6 Å². The van der Waals surface area contributed by atoms with E-state index >= 15 is 0 Å². The van der Waals surface area contributed by atoms with Gasteiger partial charge in [-0.25, -0.2) is 18.4 Å². The Kier molecular flexibility index (Phi) is 4.96. The molecular weight excluding hydrogens is 326 g/mol. The van der Waals surface area contributed by atoms with Crippen LogP contribution in [0.4, 0.5) is 16.2 Å². The minimum Gasteiger partial charge on any atom is -0.308 e. The van der Waals surface area contributed by atoms with E-state index in [4.69, 9.17) is 5.14 Å². The average Bonchev–Trinajstić information content (AvgIpc) is 2.46. The molecule has 2 rings (SSSR count). The zero-order valence-corrected chi connectivity index (χ0v) is 14.6. The van der Waals surface area contributed by atoms with E-state index in [1.165, 1.54) is 18.2 Å². The van der Waals surface area contributed by atoms with Gasteiger partial charge in [-0.15, -0.1) is 0 Å². The number of primary sulfonamides is 1. The summed E-state index contributed by atoms with van der Waals surface area (Å²) in [6, 6.07) is 12.8. The number of nitrogens with one attached hydrogen (secondary N) is 2. The van der Waals surface area contributed by atoms with Gasteiger partial charge in [-0.2, -0.15) is 0 Å². The molecule has 0 spiro atoms. The van der Waals surface area contributed by atoms with Crippen LogP contribution in [0.15, 0.2) is 53.4 Å². The van der Waals surface area contributed by atoms with Gasteiger partial charge in [-0.05, 0) is 41.3 Å². The van der Waals surface area contributed by atoms with Crippen LogP contribution in [0.1, 0.15) is 26.3 Å². The van der Waals surface area contributed by atoms with Gasteiger partial charge in [0.25, 0.3) is 0 Å². The number of amides is 2. The predicted octanol–water partition coefficient (Wildman–Crippen LogP) is 3.28. The summed E-state index contributed by atoms with van der Waals surface area (Å²) in [5.41, 5.74) is 2.18. The molecule has 128 valence electrons. The second kappa shape index (κ2) is 6.62. The first-order valence-electron chi connectivity index (χ1n) is 7.37. The fourth-order valence-corrected chi connectivity index (χ4v) is 2.66. The van der Waals surface area contributed by atoms with E-state index in [0.29, 0.717) is 11.4 Å². The minimum atomic E-state index is -3.81. The second-order valence-corrected chi connectivity index (χ2v) is 8.04. The molecule has 24 heavy (non-hydrogen) atoms. The van der Waals surface area contributed by atoms with Crippen LogP contribution < -0.4 is 15.8 Å². The van der Waals surface area contributed by atoms with Gasteiger partial charge in [-0.3, -0.25) is 0 Å². The van der Waals surface area contributed by atoms with E-state index in [-0.39, 0.29) is 10.3 Å². The molecule has 0 unspecified atom stereocenters. The second-order valence-electron chi connectivity index (χ2n) is 6.48. The third kappa shape index (κ3) is 4.81. The van der Waals surface area contributed by atoms with Crippen LogP contribution in [0.2, 0.25) is 0 Å².